The lowest BCUT2D eigenvalue weighted by Gasteiger charge is -2.06. The van der Waals surface area contributed by atoms with Gasteiger partial charge in [0.2, 0.25) is 0 Å². The van der Waals surface area contributed by atoms with E-state index in [9.17, 15) is 13.6 Å². The standard InChI is InChI=1S/C12H9BrF2N2O3/c13-8-3-7(14)4-9(15)11(8)17-5-6(1-2-18)10(16-17)12(19)20/h3-5,18H,1-2H2,(H,19,20). The molecule has 2 N–H and O–H groups in total. The third kappa shape index (κ3) is 2.70. The number of carboxylic acid groups (broad SMARTS) is 1. The van der Waals surface area contributed by atoms with Crippen molar-refractivity contribution in [3.8, 4) is 5.69 Å². The van der Waals surface area contributed by atoms with Crippen LogP contribution in [0.4, 0.5) is 8.78 Å². The summed E-state index contributed by atoms with van der Waals surface area (Å²) in [7, 11) is 0. The zero-order valence-electron chi connectivity index (χ0n) is 9.98. The fourth-order valence-corrected chi connectivity index (χ4v) is 2.35. The van der Waals surface area contributed by atoms with Crippen molar-refractivity contribution in [2.45, 2.75) is 6.42 Å². The molecule has 2 rings (SSSR count). The monoisotopic (exact) mass is 346 g/mol. The first-order chi connectivity index (χ1) is 9.43. The lowest BCUT2D eigenvalue weighted by molar-refractivity contribution is 0.0688. The predicted molar refractivity (Wildman–Crippen MR) is 68.9 cm³/mol. The molecule has 0 saturated carbocycles. The third-order valence-electron chi connectivity index (χ3n) is 2.58. The van der Waals surface area contributed by atoms with Gasteiger partial charge in [-0.2, -0.15) is 5.10 Å². The van der Waals surface area contributed by atoms with Gasteiger partial charge in [-0.15, -0.1) is 0 Å². The van der Waals surface area contributed by atoms with Gasteiger partial charge in [0.1, 0.15) is 11.5 Å². The van der Waals surface area contributed by atoms with Crippen molar-refractivity contribution < 1.29 is 23.8 Å². The molecule has 0 bridgehead atoms. The van der Waals surface area contributed by atoms with E-state index in [-0.39, 0.29) is 34.4 Å². The SMILES string of the molecule is O=C(O)c1nn(-c2c(F)cc(F)cc2Br)cc1CCO. The molecule has 0 aliphatic carbocycles. The minimum absolute atomic E-state index is 0.0715. The number of aliphatic hydroxyl groups is 1. The molecule has 1 heterocycles. The van der Waals surface area contributed by atoms with Crippen molar-refractivity contribution in [2.75, 3.05) is 6.61 Å². The Bertz CT molecular complexity index is 650. The van der Waals surface area contributed by atoms with Gasteiger partial charge in [0, 0.05) is 28.9 Å². The molecule has 0 radical (unpaired) electrons. The second kappa shape index (κ2) is 5.68. The van der Waals surface area contributed by atoms with Gasteiger partial charge in [0.25, 0.3) is 0 Å². The van der Waals surface area contributed by atoms with Gasteiger partial charge in [-0.05, 0) is 28.4 Å². The van der Waals surface area contributed by atoms with Gasteiger partial charge in [-0.3, -0.25) is 0 Å². The van der Waals surface area contributed by atoms with Crippen LogP contribution in [0.2, 0.25) is 0 Å². The molecule has 2 aromatic rings. The van der Waals surface area contributed by atoms with Crippen LogP contribution < -0.4 is 0 Å². The maximum absolute atomic E-state index is 13.8. The van der Waals surface area contributed by atoms with Crippen molar-refractivity contribution in [1.29, 1.82) is 0 Å². The molecule has 0 aliphatic rings. The van der Waals surface area contributed by atoms with Gasteiger partial charge in [-0.25, -0.2) is 18.3 Å². The van der Waals surface area contributed by atoms with E-state index >= 15 is 0 Å². The van der Waals surface area contributed by atoms with E-state index < -0.39 is 17.6 Å². The summed E-state index contributed by atoms with van der Waals surface area (Å²) in [5.41, 5.74) is -0.122. The fourth-order valence-electron chi connectivity index (χ4n) is 1.76. The quantitative estimate of drug-likeness (QED) is 0.889. The largest absolute Gasteiger partial charge is 0.476 e. The molecule has 0 unspecified atom stereocenters. The highest BCUT2D eigenvalue weighted by Crippen LogP contribution is 2.26. The van der Waals surface area contributed by atoms with Crippen LogP contribution in [-0.2, 0) is 6.42 Å². The number of hydrogen-bond donors (Lipinski definition) is 2. The Balaban J connectivity index is 2.59. The summed E-state index contributed by atoms with van der Waals surface area (Å²) in [4.78, 5) is 11.0. The molecule has 20 heavy (non-hydrogen) atoms. The van der Waals surface area contributed by atoms with E-state index in [0.29, 0.717) is 6.07 Å². The molecule has 0 saturated heterocycles. The van der Waals surface area contributed by atoms with E-state index in [0.717, 1.165) is 10.7 Å². The van der Waals surface area contributed by atoms with Crippen LogP contribution in [0, 0.1) is 11.6 Å². The number of carbonyl (C=O) groups is 1. The Morgan fingerprint density at radius 1 is 1.40 bits per heavy atom. The molecule has 0 fully saturated rings. The number of carboxylic acids is 1. The normalized spacial score (nSPS) is 10.8. The number of aromatic nitrogens is 2. The number of aromatic carboxylic acids is 1. The van der Waals surface area contributed by atoms with Gasteiger partial charge < -0.3 is 10.2 Å². The maximum atomic E-state index is 13.8. The van der Waals surface area contributed by atoms with E-state index in [1.807, 2.05) is 0 Å². The molecular formula is C12H9BrF2N2O3. The zero-order valence-corrected chi connectivity index (χ0v) is 11.6. The Labute approximate surface area is 120 Å². The summed E-state index contributed by atoms with van der Waals surface area (Å²) in [5, 5.41) is 21.7. The highest BCUT2D eigenvalue weighted by molar-refractivity contribution is 9.10. The van der Waals surface area contributed by atoms with Crippen molar-refractivity contribution in [3.63, 3.8) is 0 Å². The summed E-state index contributed by atoms with van der Waals surface area (Å²) in [6.45, 7) is -0.265. The average molecular weight is 347 g/mol. The van der Waals surface area contributed by atoms with Gasteiger partial charge >= 0.3 is 5.97 Å². The van der Waals surface area contributed by atoms with Crippen LogP contribution in [0.5, 0.6) is 0 Å². The molecular weight excluding hydrogens is 338 g/mol. The molecule has 0 aliphatic heterocycles. The van der Waals surface area contributed by atoms with Crippen molar-refractivity contribution in [2.24, 2.45) is 0 Å². The molecule has 0 amide bonds. The van der Waals surface area contributed by atoms with Gasteiger partial charge in [-0.1, -0.05) is 0 Å². The number of hydrogen-bond acceptors (Lipinski definition) is 3. The minimum atomic E-state index is -1.29. The number of halogens is 3. The first kappa shape index (κ1) is 14.6. The molecule has 5 nitrogen and oxygen atoms in total. The highest BCUT2D eigenvalue weighted by Gasteiger charge is 2.19. The Morgan fingerprint density at radius 3 is 2.65 bits per heavy atom. The van der Waals surface area contributed by atoms with Crippen molar-refractivity contribution in [3.05, 3.63) is 45.7 Å². The molecule has 1 aromatic carbocycles. The van der Waals surface area contributed by atoms with Crippen molar-refractivity contribution in [1.82, 2.24) is 9.78 Å². The number of nitrogens with zero attached hydrogens (tertiary/aromatic N) is 2. The molecule has 0 spiro atoms. The topological polar surface area (TPSA) is 75.3 Å². The summed E-state index contributed by atoms with van der Waals surface area (Å²) in [5.74, 6) is -2.93. The zero-order chi connectivity index (χ0) is 14.9. The van der Waals surface area contributed by atoms with Crippen LogP contribution >= 0.6 is 15.9 Å². The number of rotatable bonds is 4. The van der Waals surface area contributed by atoms with Crippen LogP contribution in [0.1, 0.15) is 16.1 Å². The van der Waals surface area contributed by atoms with Crippen molar-refractivity contribution >= 4 is 21.9 Å². The van der Waals surface area contributed by atoms with E-state index in [1.54, 1.807) is 0 Å². The Morgan fingerprint density at radius 2 is 2.10 bits per heavy atom. The number of aliphatic hydroxyl groups excluding tert-OH is 1. The van der Waals surface area contributed by atoms with Crippen LogP contribution in [0.15, 0.2) is 22.8 Å². The number of benzene rings is 1. The second-order valence-electron chi connectivity index (χ2n) is 3.94. The molecule has 8 heteroatoms. The molecule has 106 valence electrons. The predicted octanol–water partition coefficient (Wildman–Crippen LogP) is 2.15. The van der Waals surface area contributed by atoms with E-state index in [1.165, 1.54) is 6.20 Å². The second-order valence-corrected chi connectivity index (χ2v) is 4.80. The lowest BCUT2D eigenvalue weighted by Crippen LogP contribution is -2.05. The summed E-state index contributed by atoms with van der Waals surface area (Å²) < 4.78 is 27.9. The first-order valence-corrected chi connectivity index (χ1v) is 6.31. The van der Waals surface area contributed by atoms with Gasteiger partial charge in [0.05, 0.1) is 0 Å². The highest BCUT2D eigenvalue weighted by atomic mass is 79.9. The Kier molecular flexibility index (Phi) is 4.15. The van der Waals surface area contributed by atoms with Crippen LogP contribution in [0.3, 0.4) is 0 Å². The molecule has 1 aromatic heterocycles. The molecule has 0 atom stereocenters. The van der Waals surface area contributed by atoms with E-state index in [4.69, 9.17) is 10.2 Å². The van der Waals surface area contributed by atoms with Gasteiger partial charge in [0.15, 0.2) is 11.5 Å². The van der Waals surface area contributed by atoms with Crippen LogP contribution in [-0.4, -0.2) is 32.6 Å². The van der Waals surface area contributed by atoms with E-state index in [2.05, 4.69) is 21.0 Å². The summed E-state index contributed by atoms with van der Waals surface area (Å²) >= 11 is 3.01. The maximum Gasteiger partial charge on any atom is 0.356 e. The third-order valence-corrected chi connectivity index (χ3v) is 3.19. The fraction of sp³-hybridized carbons (Fsp3) is 0.167. The average Bonchev–Trinajstić information content (AvgIpc) is 2.72. The van der Waals surface area contributed by atoms with Crippen LogP contribution in [0.25, 0.3) is 5.69 Å². The Hall–Kier alpha value is -1.80. The smallest absolute Gasteiger partial charge is 0.356 e. The summed E-state index contributed by atoms with van der Waals surface area (Å²) in [6.07, 6.45) is 1.36. The first-order valence-electron chi connectivity index (χ1n) is 5.51. The lowest BCUT2D eigenvalue weighted by atomic mass is 10.2. The summed E-state index contributed by atoms with van der Waals surface area (Å²) in [6, 6.07) is 1.72. The minimum Gasteiger partial charge on any atom is -0.476 e.